The molecule has 3 aromatic carbocycles. The number of carbonyl (C=O) groups is 1. The van der Waals surface area contributed by atoms with Gasteiger partial charge < -0.3 is 14.4 Å². The molecule has 0 bridgehead atoms. The molecular weight excluding hydrogens is 454 g/mol. The molecule has 4 nitrogen and oxygen atoms in total. The lowest BCUT2D eigenvalue weighted by atomic mass is 10.0. The Morgan fingerprint density at radius 1 is 1.03 bits per heavy atom. The summed E-state index contributed by atoms with van der Waals surface area (Å²) in [6.45, 7) is 2.83. The van der Waals surface area contributed by atoms with Gasteiger partial charge in [0.15, 0.2) is 0 Å². The van der Waals surface area contributed by atoms with Crippen molar-refractivity contribution < 1.29 is 14.6 Å². The number of thiophene rings is 1. The van der Waals surface area contributed by atoms with Gasteiger partial charge in [0.2, 0.25) is 0 Å². The molecule has 1 N–H and O–H groups in total. The fourth-order valence-electron chi connectivity index (χ4n) is 4.23. The first kappa shape index (κ1) is 21.6. The van der Waals surface area contributed by atoms with E-state index in [1.54, 1.807) is 23.5 Å². The van der Waals surface area contributed by atoms with Gasteiger partial charge in [-0.2, -0.15) is 0 Å². The van der Waals surface area contributed by atoms with Crippen LogP contribution in [0.4, 0.5) is 0 Å². The van der Waals surface area contributed by atoms with Gasteiger partial charge in [0, 0.05) is 33.4 Å². The number of hydrogen-bond donors (Lipinski definition) is 1. The zero-order valence-corrected chi connectivity index (χ0v) is 19.6. The number of carbonyl (C=O) groups excluding carboxylic acids is 1. The summed E-state index contributed by atoms with van der Waals surface area (Å²) in [5.41, 5.74) is 5.07. The molecule has 0 saturated carbocycles. The van der Waals surface area contributed by atoms with Crippen LogP contribution in [0, 0.1) is 0 Å². The van der Waals surface area contributed by atoms with Gasteiger partial charge in [-0.1, -0.05) is 35.9 Å². The first-order chi connectivity index (χ1) is 16.0. The Morgan fingerprint density at radius 3 is 2.70 bits per heavy atom. The summed E-state index contributed by atoms with van der Waals surface area (Å²) in [5, 5.41) is 15.0. The second-order valence-electron chi connectivity index (χ2n) is 7.95. The molecule has 166 valence electrons. The van der Waals surface area contributed by atoms with E-state index in [9.17, 15) is 9.90 Å². The van der Waals surface area contributed by atoms with E-state index in [-0.39, 0.29) is 18.1 Å². The second-order valence-corrected chi connectivity index (χ2v) is 9.30. The Balaban J connectivity index is 1.62. The first-order valence-electron chi connectivity index (χ1n) is 10.7. The number of esters is 1. The van der Waals surface area contributed by atoms with Crippen LogP contribution in [0.5, 0.6) is 5.75 Å². The normalized spacial score (nSPS) is 11.3. The molecule has 6 heteroatoms. The molecule has 0 radical (unpaired) electrons. The van der Waals surface area contributed by atoms with Gasteiger partial charge in [0.05, 0.1) is 13.0 Å². The zero-order chi connectivity index (χ0) is 22.9. The van der Waals surface area contributed by atoms with Crippen molar-refractivity contribution in [1.82, 2.24) is 4.57 Å². The highest BCUT2D eigenvalue weighted by Crippen LogP contribution is 2.33. The van der Waals surface area contributed by atoms with Crippen molar-refractivity contribution in [2.45, 2.75) is 19.9 Å². The van der Waals surface area contributed by atoms with Gasteiger partial charge in [0.25, 0.3) is 0 Å². The number of hydrogen-bond acceptors (Lipinski definition) is 4. The minimum Gasteiger partial charge on any atom is -0.508 e. The van der Waals surface area contributed by atoms with Crippen LogP contribution in [0.3, 0.4) is 0 Å². The Bertz CT molecular complexity index is 1480. The van der Waals surface area contributed by atoms with E-state index >= 15 is 0 Å². The van der Waals surface area contributed by atoms with E-state index in [0.717, 1.165) is 33.0 Å². The lowest BCUT2D eigenvalue weighted by molar-refractivity contribution is -0.142. The molecule has 5 rings (SSSR count). The monoisotopic (exact) mass is 475 g/mol. The molecule has 0 amide bonds. The number of nitrogens with zero attached hydrogens (tertiary/aromatic N) is 1. The number of fused-ring (bicyclic) bond motifs is 2. The van der Waals surface area contributed by atoms with Crippen molar-refractivity contribution in [3.63, 3.8) is 0 Å². The average Bonchev–Trinajstić information content (AvgIpc) is 3.35. The van der Waals surface area contributed by atoms with Crippen LogP contribution in [0.2, 0.25) is 5.02 Å². The van der Waals surface area contributed by atoms with Crippen molar-refractivity contribution in [2.75, 3.05) is 6.61 Å². The Morgan fingerprint density at radius 2 is 1.88 bits per heavy atom. The number of ether oxygens (including phenoxy) is 1. The van der Waals surface area contributed by atoms with Crippen molar-refractivity contribution in [3.8, 4) is 16.9 Å². The predicted molar refractivity (Wildman–Crippen MR) is 135 cm³/mol. The fraction of sp³-hybridized carbons (Fsp3) is 0.148. The number of phenols is 1. The first-order valence-corrected chi connectivity index (χ1v) is 12.0. The SMILES string of the molecule is CCOC(=O)Cc1cn(Cc2csc3ccc(Cl)cc23)c2cc(-c3cccc(O)c3)ccc12. The number of benzene rings is 3. The number of aromatic hydroxyl groups is 1. The largest absolute Gasteiger partial charge is 0.508 e. The van der Waals surface area contributed by atoms with Crippen LogP contribution < -0.4 is 0 Å². The van der Waals surface area contributed by atoms with E-state index < -0.39 is 0 Å². The van der Waals surface area contributed by atoms with Crippen LogP contribution in [0.25, 0.3) is 32.1 Å². The van der Waals surface area contributed by atoms with Crippen LogP contribution in [0.15, 0.2) is 72.2 Å². The number of phenolic OH excluding ortho intramolecular Hbond substituents is 1. The molecule has 0 aliphatic carbocycles. The summed E-state index contributed by atoms with van der Waals surface area (Å²) in [7, 11) is 0. The standard InChI is InChI=1S/C27H22ClNO3S/c1-2-32-27(31)12-19-14-29(15-20-16-33-26-9-7-21(28)13-24(20)26)25-11-18(6-8-23(19)25)17-4-3-5-22(30)10-17/h3-11,13-14,16,30H,2,12,15H2,1H3. The van der Waals surface area contributed by atoms with Crippen molar-refractivity contribution in [2.24, 2.45) is 0 Å². The van der Waals surface area contributed by atoms with Gasteiger partial charge >= 0.3 is 5.97 Å². The molecule has 5 aromatic rings. The molecule has 0 aliphatic rings. The van der Waals surface area contributed by atoms with Crippen molar-refractivity contribution >= 4 is 49.9 Å². The van der Waals surface area contributed by atoms with Crippen molar-refractivity contribution in [3.05, 3.63) is 88.4 Å². The summed E-state index contributed by atoms with van der Waals surface area (Å²) in [4.78, 5) is 12.2. The van der Waals surface area contributed by atoms with E-state index in [4.69, 9.17) is 16.3 Å². The Kier molecular flexibility index (Phi) is 5.83. The third kappa shape index (κ3) is 4.34. The highest BCUT2D eigenvalue weighted by molar-refractivity contribution is 7.17. The maximum Gasteiger partial charge on any atom is 0.310 e. The number of aromatic nitrogens is 1. The van der Waals surface area contributed by atoms with Crippen LogP contribution in [-0.2, 0) is 22.5 Å². The summed E-state index contributed by atoms with van der Waals surface area (Å²) in [6, 6.07) is 19.4. The fourth-order valence-corrected chi connectivity index (χ4v) is 5.34. The summed E-state index contributed by atoms with van der Waals surface area (Å²) >= 11 is 7.96. The Labute approximate surface area is 200 Å². The minimum absolute atomic E-state index is 0.221. The molecule has 33 heavy (non-hydrogen) atoms. The van der Waals surface area contributed by atoms with Crippen molar-refractivity contribution in [1.29, 1.82) is 0 Å². The predicted octanol–water partition coefficient (Wildman–Crippen LogP) is 7.04. The molecule has 2 heterocycles. The lowest BCUT2D eigenvalue weighted by Gasteiger charge is -2.08. The van der Waals surface area contributed by atoms with E-state index in [1.165, 1.54) is 10.3 Å². The van der Waals surface area contributed by atoms with Gasteiger partial charge in [0.1, 0.15) is 5.75 Å². The van der Waals surface area contributed by atoms with Crippen LogP contribution >= 0.6 is 22.9 Å². The van der Waals surface area contributed by atoms with E-state index in [0.29, 0.717) is 18.2 Å². The summed E-state index contributed by atoms with van der Waals surface area (Å²) in [5.74, 6) is -0.00558. The third-order valence-corrected chi connectivity index (χ3v) is 6.99. The number of rotatable bonds is 6. The molecule has 0 aliphatic heterocycles. The summed E-state index contributed by atoms with van der Waals surface area (Å²) in [6.07, 6.45) is 2.26. The third-order valence-electron chi connectivity index (χ3n) is 5.74. The zero-order valence-electron chi connectivity index (χ0n) is 18.0. The molecule has 0 atom stereocenters. The highest BCUT2D eigenvalue weighted by atomic mass is 35.5. The van der Waals surface area contributed by atoms with Crippen LogP contribution in [-0.4, -0.2) is 22.2 Å². The van der Waals surface area contributed by atoms with Gasteiger partial charge in [-0.15, -0.1) is 11.3 Å². The van der Waals surface area contributed by atoms with Crippen LogP contribution in [0.1, 0.15) is 18.1 Å². The minimum atomic E-state index is -0.235. The van der Waals surface area contributed by atoms with E-state index in [1.807, 2.05) is 55.6 Å². The van der Waals surface area contributed by atoms with Gasteiger partial charge in [-0.3, -0.25) is 4.79 Å². The topological polar surface area (TPSA) is 51.5 Å². The van der Waals surface area contributed by atoms with E-state index in [2.05, 4.69) is 16.0 Å². The van der Waals surface area contributed by atoms with Gasteiger partial charge in [-0.25, -0.2) is 0 Å². The average molecular weight is 476 g/mol. The maximum absolute atomic E-state index is 12.2. The molecule has 0 unspecified atom stereocenters. The van der Waals surface area contributed by atoms with Gasteiger partial charge in [-0.05, 0) is 76.3 Å². The molecule has 0 fully saturated rings. The smallest absolute Gasteiger partial charge is 0.310 e. The summed E-state index contributed by atoms with van der Waals surface area (Å²) < 4.78 is 8.57. The second kappa shape index (κ2) is 8.93. The molecule has 0 saturated heterocycles. The number of halogens is 1. The molecule has 2 aromatic heterocycles. The molecule has 0 spiro atoms. The lowest BCUT2D eigenvalue weighted by Crippen LogP contribution is -2.07. The Hall–Kier alpha value is -3.28. The molecular formula is C27H22ClNO3S. The maximum atomic E-state index is 12.2. The quantitative estimate of drug-likeness (QED) is 0.268. The highest BCUT2D eigenvalue weighted by Gasteiger charge is 2.15.